The number of rotatable bonds is 2. The Kier molecular flexibility index (Phi) is 3.68. The van der Waals surface area contributed by atoms with E-state index in [-0.39, 0.29) is 0 Å². The minimum atomic E-state index is -0.827. The zero-order valence-corrected chi connectivity index (χ0v) is 10.6. The van der Waals surface area contributed by atoms with Crippen molar-refractivity contribution < 1.29 is 0 Å². The Balaban J connectivity index is 2.44. The van der Waals surface area contributed by atoms with Crippen LogP contribution < -0.4 is 0 Å². The third-order valence-electron chi connectivity index (χ3n) is 3.52. The summed E-state index contributed by atoms with van der Waals surface area (Å²) in [6.07, 6.45) is 2.19. The van der Waals surface area contributed by atoms with E-state index in [2.05, 4.69) is 31.0 Å². The van der Waals surface area contributed by atoms with Crippen molar-refractivity contribution in [2.45, 2.75) is 38.0 Å². The average molecular weight is 203 g/mol. The molecule has 0 aromatic rings. The number of hydrogen-bond donors (Lipinski definition) is 0. The molecule has 1 saturated heterocycles. The first-order valence-corrected chi connectivity index (χ1v) is 9.05. The van der Waals surface area contributed by atoms with Gasteiger partial charge in [-0.3, -0.25) is 4.31 Å². The standard InChI is InChI=1S/C9H21NSSi/c1-9(2)12(4)7-5-10(11-3)6-8-12/h9H,5-8H2,1-4H3. The molecule has 1 aliphatic heterocycles. The van der Waals surface area contributed by atoms with Crippen LogP contribution in [0, 0.1) is 0 Å². The molecule has 72 valence electrons. The summed E-state index contributed by atoms with van der Waals surface area (Å²) in [4.78, 5) is 0. The molecule has 3 heteroatoms. The van der Waals surface area contributed by atoms with Gasteiger partial charge in [0, 0.05) is 13.1 Å². The smallest absolute Gasteiger partial charge is 0.0556 e. The maximum atomic E-state index is 2.58. The second kappa shape index (κ2) is 4.16. The van der Waals surface area contributed by atoms with Gasteiger partial charge in [-0.25, -0.2) is 0 Å². The minimum absolute atomic E-state index is 0.827. The van der Waals surface area contributed by atoms with Crippen LogP contribution in [0.3, 0.4) is 0 Å². The van der Waals surface area contributed by atoms with Crippen molar-refractivity contribution in [1.82, 2.24) is 4.31 Å². The maximum Gasteiger partial charge on any atom is 0.0556 e. The van der Waals surface area contributed by atoms with Crippen LogP contribution in [0.1, 0.15) is 13.8 Å². The van der Waals surface area contributed by atoms with Gasteiger partial charge in [-0.05, 0) is 18.3 Å². The minimum Gasteiger partial charge on any atom is -0.251 e. The fourth-order valence-corrected chi connectivity index (χ4v) is 5.59. The molecule has 0 bridgehead atoms. The van der Waals surface area contributed by atoms with E-state index < -0.39 is 8.07 Å². The summed E-state index contributed by atoms with van der Waals surface area (Å²) in [6.45, 7) is 10.1. The monoisotopic (exact) mass is 203 g/mol. The zero-order chi connectivity index (χ0) is 9.19. The van der Waals surface area contributed by atoms with Crippen molar-refractivity contribution in [2.75, 3.05) is 19.3 Å². The highest BCUT2D eigenvalue weighted by molar-refractivity contribution is 7.96. The van der Waals surface area contributed by atoms with Crippen molar-refractivity contribution in [3.05, 3.63) is 0 Å². The molecule has 0 N–H and O–H groups in total. The van der Waals surface area contributed by atoms with Crippen LogP contribution >= 0.6 is 11.9 Å². The lowest BCUT2D eigenvalue weighted by Crippen LogP contribution is -2.44. The van der Waals surface area contributed by atoms with E-state index in [1.54, 1.807) is 0 Å². The molecule has 0 unspecified atom stereocenters. The average Bonchev–Trinajstić information content (AvgIpc) is 2.06. The number of nitrogens with zero attached hydrogens (tertiary/aromatic N) is 1. The molecule has 0 aliphatic carbocycles. The molecule has 0 amide bonds. The molecular weight excluding hydrogens is 182 g/mol. The first-order valence-electron chi connectivity index (χ1n) is 4.87. The second-order valence-electron chi connectivity index (χ2n) is 4.42. The van der Waals surface area contributed by atoms with E-state index in [4.69, 9.17) is 0 Å². The van der Waals surface area contributed by atoms with Gasteiger partial charge in [0.05, 0.1) is 8.07 Å². The lowest BCUT2D eigenvalue weighted by molar-refractivity contribution is 0.493. The van der Waals surface area contributed by atoms with Gasteiger partial charge in [0.25, 0.3) is 0 Å². The quantitative estimate of drug-likeness (QED) is 0.501. The summed E-state index contributed by atoms with van der Waals surface area (Å²) in [6, 6.07) is 3.01. The van der Waals surface area contributed by atoms with Gasteiger partial charge < -0.3 is 0 Å². The van der Waals surface area contributed by atoms with Crippen LogP contribution in [0.15, 0.2) is 0 Å². The molecule has 1 fully saturated rings. The van der Waals surface area contributed by atoms with E-state index >= 15 is 0 Å². The Bertz CT molecular complexity index is 141. The first kappa shape index (κ1) is 10.6. The Hall–Kier alpha value is 0.527. The van der Waals surface area contributed by atoms with Crippen molar-refractivity contribution in [3.8, 4) is 0 Å². The van der Waals surface area contributed by atoms with E-state index in [1.165, 1.54) is 25.2 Å². The van der Waals surface area contributed by atoms with Gasteiger partial charge in [0.1, 0.15) is 0 Å². The molecule has 0 aromatic heterocycles. The predicted octanol–water partition coefficient (Wildman–Crippen LogP) is 3.07. The largest absolute Gasteiger partial charge is 0.251 e. The molecule has 12 heavy (non-hydrogen) atoms. The highest BCUT2D eigenvalue weighted by Gasteiger charge is 2.34. The highest BCUT2D eigenvalue weighted by Crippen LogP contribution is 2.33. The molecule has 0 aromatic carbocycles. The maximum absolute atomic E-state index is 2.58. The van der Waals surface area contributed by atoms with Gasteiger partial charge in [-0.15, -0.1) is 0 Å². The normalized spacial score (nSPS) is 24.8. The van der Waals surface area contributed by atoms with Crippen molar-refractivity contribution >= 4 is 20.0 Å². The third kappa shape index (κ3) is 2.27. The van der Waals surface area contributed by atoms with E-state index in [0.717, 1.165) is 5.54 Å². The lowest BCUT2D eigenvalue weighted by Gasteiger charge is -2.39. The summed E-state index contributed by atoms with van der Waals surface area (Å²) < 4.78 is 2.51. The second-order valence-corrected chi connectivity index (χ2v) is 10.8. The van der Waals surface area contributed by atoms with Crippen molar-refractivity contribution in [3.63, 3.8) is 0 Å². The summed E-state index contributed by atoms with van der Waals surface area (Å²) in [5, 5.41) is 0. The van der Waals surface area contributed by atoms with Crippen LogP contribution in [0.5, 0.6) is 0 Å². The summed E-state index contributed by atoms with van der Waals surface area (Å²) in [7, 11) is -0.827. The Morgan fingerprint density at radius 2 is 1.75 bits per heavy atom. The predicted molar refractivity (Wildman–Crippen MR) is 61.4 cm³/mol. The van der Waals surface area contributed by atoms with Gasteiger partial charge in [-0.2, -0.15) is 0 Å². The van der Waals surface area contributed by atoms with Crippen LogP contribution in [0.25, 0.3) is 0 Å². The van der Waals surface area contributed by atoms with Crippen molar-refractivity contribution in [1.29, 1.82) is 0 Å². The molecular formula is C9H21NSSi. The molecule has 1 nitrogen and oxygen atoms in total. The molecule has 1 rings (SSSR count). The molecule has 0 radical (unpaired) electrons. The molecule has 0 atom stereocenters. The Morgan fingerprint density at radius 1 is 1.25 bits per heavy atom. The lowest BCUT2D eigenvalue weighted by atomic mass is 10.5. The summed E-state index contributed by atoms with van der Waals surface area (Å²) >= 11 is 1.91. The topological polar surface area (TPSA) is 3.24 Å². The van der Waals surface area contributed by atoms with Gasteiger partial charge in [0.15, 0.2) is 0 Å². The van der Waals surface area contributed by atoms with Gasteiger partial charge in [-0.1, -0.05) is 37.9 Å². The van der Waals surface area contributed by atoms with Crippen LogP contribution in [0.4, 0.5) is 0 Å². The zero-order valence-electron chi connectivity index (χ0n) is 8.76. The van der Waals surface area contributed by atoms with Crippen LogP contribution in [-0.4, -0.2) is 31.7 Å². The summed E-state index contributed by atoms with van der Waals surface area (Å²) in [5.41, 5.74) is 0.974. The third-order valence-corrected chi connectivity index (χ3v) is 9.92. The SMILES string of the molecule is CSN1CC[Si](C)(C(C)C)CC1. The molecule has 0 spiro atoms. The van der Waals surface area contributed by atoms with E-state index in [0.29, 0.717) is 0 Å². The van der Waals surface area contributed by atoms with E-state index in [1.807, 2.05) is 11.9 Å². The van der Waals surface area contributed by atoms with Crippen LogP contribution in [0.2, 0.25) is 24.2 Å². The van der Waals surface area contributed by atoms with Gasteiger partial charge in [0.2, 0.25) is 0 Å². The summed E-state index contributed by atoms with van der Waals surface area (Å²) in [5.74, 6) is 0. The number of hydrogen-bond acceptors (Lipinski definition) is 2. The fraction of sp³-hybridized carbons (Fsp3) is 1.00. The highest BCUT2D eigenvalue weighted by atomic mass is 32.2. The molecule has 1 heterocycles. The molecule has 1 aliphatic rings. The van der Waals surface area contributed by atoms with Crippen molar-refractivity contribution in [2.24, 2.45) is 0 Å². The Morgan fingerprint density at radius 3 is 2.08 bits per heavy atom. The molecule has 0 saturated carbocycles. The Labute approximate surface area is 82.1 Å². The van der Waals surface area contributed by atoms with Gasteiger partial charge >= 0.3 is 0 Å². The fourth-order valence-electron chi connectivity index (χ4n) is 1.76. The first-order chi connectivity index (χ1) is 5.58. The van der Waals surface area contributed by atoms with Crippen LogP contribution in [-0.2, 0) is 0 Å². The van der Waals surface area contributed by atoms with E-state index in [9.17, 15) is 0 Å².